The van der Waals surface area contributed by atoms with Crippen molar-refractivity contribution in [1.82, 2.24) is 0 Å². The van der Waals surface area contributed by atoms with Gasteiger partial charge in [0, 0.05) is 8.80 Å². The number of ether oxygens (including phenoxy) is 1. The van der Waals surface area contributed by atoms with E-state index in [0.717, 1.165) is 18.5 Å². The fourth-order valence-corrected chi connectivity index (χ4v) is 8.13. The number of hydrogen-bond donors (Lipinski definition) is 0. The highest BCUT2D eigenvalue weighted by atomic mass is 28.3. The molecule has 1 saturated heterocycles. The summed E-state index contributed by atoms with van der Waals surface area (Å²) in [6.45, 7) is 1.20. The minimum atomic E-state index is -2.76. The zero-order chi connectivity index (χ0) is 20.1. The third-order valence-corrected chi connectivity index (χ3v) is 9.79. The van der Waals surface area contributed by atoms with Crippen LogP contribution in [0.3, 0.4) is 0 Å². The van der Waals surface area contributed by atoms with Crippen LogP contribution in [0.2, 0.25) is 18.1 Å². The van der Waals surface area contributed by atoms with E-state index in [0.29, 0.717) is 24.0 Å². The number of halogens is 4. The van der Waals surface area contributed by atoms with Gasteiger partial charge in [0.05, 0.1) is 0 Å². The summed E-state index contributed by atoms with van der Waals surface area (Å²) >= 11 is 0. The zero-order valence-corrected chi connectivity index (χ0v) is 17.4. The molecule has 0 bridgehead atoms. The van der Waals surface area contributed by atoms with Gasteiger partial charge in [0.2, 0.25) is 0 Å². The molecule has 0 amide bonds. The number of benzene rings is 1. The van der Waals surface area contributed by atoms with Crippen LogP contribution in [-0.4, -0.2) is 33.6 Å². The van der Waals surface area contributed by atoms with Gasteiger partial charge in [-0.3, -0.25) is 0 Å². The predicted octanol–water partition coefficient (Wildman–Crippen LogP) is 6.34. The van der Waals surface area contributed by atoms with Crippen molar-refractivity contribution in [1.29, 1.82) is 0 Å². The van der Waals surface area contributed by atoms with Crippen molar-refractivity contribution >= 4 is 14.4 Å². The Morgan fingerprint density at radius 3 is 2.43 bits per heavy atom. The van der Waals surface area contributed by atoms with E-state index in [9.17, 15) is 8.78 Å². The predicted molar refractivity (Wildman–Crippen MR) is 108 cm³/mol. The molecule has 1 heterocycles. The average Bonchev–Trinajstić information content (AvgIpc) is 2.69. The fourth-order valence-electron chi connectivity index (χ4n) is 4.70. The van der Waals surface area contributed by atoms with Crippen molar-refractivity contribution in [3.05, 3.63) is 53.9 Å². The molecule has 1 aliphatic heterocycles. The second-order valence-corrected chi connectivity index (χ2v) is 11.3. The highest BCUT2D eigenvalue weighted by molar-refractivity contribution is 6.58. The molecule has 2 aliphatic rings. The quantitative estimate of drug-likeness (QED) is 0.375. The molecule has 3 rings (SSSR count). The summed E-state index contributed by atoms with van der Waals surface area (Å²) in [4.78, 5) is 0. The molecule has 0 N–H and O–H groups in total. The van der Waals surface area contributed by atoms with E-state index in [1.165, 1.54) is 18.2 Å². The highest BCUT2D eigenvalue weighted by Gasteiger charge is 2.53. The normalized spacial score (nSPS) is 30.9. The van der Waals surface area contributed by atoms with Crippen LogP contribution in [0.4, 0.5) is 17.6 Å². The topological polar surface area (TPSA) is 9.23 Å². The first-order valence-corrected chi connectivity index (χ1v) is 12.6. The molecular formula is C22H28F4OSi. The van der Waals surface area contributed by atoms with E-state index >= 15 is 8.78 Å². The molecule has 6 heteroatoms. The Bertz CT molecular complexity index is 698. The molecule has 0 radical (unpaired) electrons. The maximum absolute atomic E-state index is 15.5. The summed E-state index contributed by atoms with van der Waals surface area (Å²) in [5.41, 5.74) is -0.793. The lowest BCUT2D eigenvalue weighted by atomic mass is 9.74. The standard InChI is InChI=1S/C22H28F4OSi/c1-2-10-28-11-8-18(9-12-28)22(27-15-21(25)26)19(23)13-17(14-20(22)24)16-6-4-3-5-7-16/h3-7,13-14,18-19,21,28H,2,8-12,15H2,1H3/t18-,19?,22?,28-. The van der Waals surface area contributed by atoms with Gasteiger partial charge in [-0.1, -0.05) is 61.8 Å². The SMILES string of the molecule is CCC[Si@H]1CC[C@H](C2(OCC(F)F)C(F)=CC(c3ccccc3)=CC2F)CC1. The Morgan fingerprint density at radius 2 is 1.86 bits per heavy atom. The van der Waals surface area contributed by atoms with Crippen molar-refractivity contribution in [3.8, 4) is 0 Å². The lowest BCUT2D eigenvalue weighted by molar-refractivity contribution is -0.137. The summed E-state index contributed by atoms with van der Waals surface area (Å²) in [5.74, 6) is -1.17. The Labute approximate surface area is 166 Å². The maximum atomic E-state index is 15.5. The van der Waals surface area contributed by atoms with Gasteiger partial charge in [0.25, 0.3) is 6.43 Å². The molecule has 0 saturated carbocycles. The Morgan fingerprint density at radius 1 is 1.18 bits per heavy atom. The number of rotatable bonds is 7. The Hall–Kier alpha value is -1.40. The van der Waals surface area contributed by atoms with E-state index in [-0.39, 0.29) is 0 Å². The molecule has 154 valence electrons. The van der Waals surface area contributed by atoms with Crippen LogP contribution >= 0.6 is 0 Å². The highest BCUT2D eigenvalue weighted by Crippen LogP contribution is 2.48. The number of alkyl halides is 3. The third kappa shape index (κ3) is 4.43. The monoisotopic (exact) mass is 412 g/mol. The summed E-state index contributed by atoms with van der Waals surface area (Å²) in [5, 5.41) is 0. The molecule has 28 heavy (non-hydrogen) atoms. The smallest absolute Gasteiger partial charge is 0.261 e. The van der Waals surface area contributed by atoms with Crippen LogP contribution in [0, 0.1) is 5.92 Å². The van der Waals surface area contributed by atoms with Crippen LogP contribution in [0.15, 0.2) is 48.3 Å². The van der Waals surface area contributed by atoms with Gasteiger partial charge in [-0.2, -0.15) is 0 Å². The zero-order valence-electron chi connectivity index (χ0n) is 16.2. The lowest BCUT2D eigenvalue weighted by Gasteiger charge is -2.45. The van der Waals surface area contributed by atoms with Gasteiger partial charge in [-0.15, -0.1) is 0 Å². The van der Waals surface area contributed by atoms with Crippen LogP contribution in [-0.2, 0) is 4.74 Å². The summed E-state index contributed by atoms with van der Waals surface area (Å²) in [6.07, 6.45) is 0.485. The van der Waals surface area contributed by atoms with Crippen molar-refractivity contribution < 1.29 is 22.3 Å². The van der Waals surface area contributed by atoms with Crippen molar-refractivity contribution in [2.45, 2.75) is 62.5 Å². The van der Waals surface area contributed by atoms with Gasteiger partial charge in [0.1, 0.15) is 12.4 Å². The molecule has 0 aromatic heterocycles. The first-order valence-electron chi connectivity index (χ1n) is 10.2. The van der Waals surface area contributed by atoms with Crippen molar-refractivity contribution in [2.75, 3.05) is 6.61 Å². The second kappa shape index (κ2) is 9.40. The van der Waals surface area contributed by atoms with Gasteiger partial charge in [-0.25, -0.2) is 17.6 Å². The molecule has 2 unspecified atom stereocenters. The molecule has 2 atom stereocenters. The Balaban J connectivity index is 1.88. The van der Waals surface area contributed by atoms with Crippen molar-refractivity contribution in [3.63, 3.8) is 0 Å². The Kier molecular flexibility index (Phi) is 7.15. The largest absolute Gasteiger partial charge is 0.358 e. The first-order chi connectivity index (χ1) is 13.5. The molecule has 1 nitrogen and oxygen atoms in total. The van der Waals surface area contributed by atoms with E-state index in [1.807, 2.05) is 6.07 Å². The molecule has 1 aromatic carbocycles. The summed E-state index contributed by atoms with van der Waals surface area (Å²) in [6, 6.07) is 12.2. The molecule has 1 aliphatic carbocycles. The van der Waals surface area contributed by atoms with E-state index in [4.69, 9.17) is 4.74 Å². The van der Waals surface area contributed by atoms with Gasteiger partial charge < -0.3 is 4.74 Å². The van der Waals surface area contributed by atoms with Crippen LogP contribution in [0.5, 0.6) is 0 Å². The molecule has 1 fully saturated rings. The molecular weight excluding hydrogens is 384 g/mol. The number of allylic oxidation sites excluding steroid dienone is 2. The first kappa shape index (κ1) is 21.3. The van der Waals surface area contributed by atoms with Gasteiger partial charge >= 0.3 is 0 Å². The van der Waals surface area contributed by atoms with Crippen LogP contribution in [0.25, 0.3) is 5.57 Å². The average molecular weight is 413 g/mol. The fraction of sp³-hybridized carbons (Fsp3) is 0.545. The van der Waals surface area contributed by atoms with Crippen LogP contribution < -0.4 is 0 Å². The van der Waals surface area contributed by atoms with Crippen molar-refractivity contribution in [2.24, 2.45) is 5.92 Å². The molecule has 1 aromatic rings. The third-order valence-electron chi connectivity index (χ3n) is 6.10. The minimum absolute atomic E-state index is 0.410. The van der Waals surface area contributed by atoms with E-state index in [1.54, 1.807) is 24.3 Å². The lowest BCUT2D eigenvalue weighted by Crippen LogP contribution is -2.52. The maximum Gasteiger partial charge on any atom is 0.261 e. The minimum Gasteiger partial charge on any atom is -0.358 e. The second-order valence-electron chi connectivity index (χ2n) is 7.88. The van der Waals surface area contributed by atoms with E-state index < -0.39 is 45.3 Å². The molecule has 0 spiro atoms. The summed E-state index contributed by atoms with van der Waals surface area (Å²) in [7, 11) is -0.875. The van der Waals surface area contributed by atoms with Gasteiger partial charge in [-0.05, 0) is 42.0 Å². The number of hydrogen-bond acceptors (Lipinski definition) is 1. The van der Waals surface area contributed by atoms with Gasteiger partial charge in [0.15, 0.2) is 11.8 Å². The van der Waals surface area contributed by atoms with Crippen LogP contribution in [0.1, 0.15) is 31.7 Å². The van der Waals surface area contributed by atoms with E-state index in [2.05, 4.69) is 6.92 Å². The summed E-state index contributed by atoms with van der Waals surface area (Å²) < 4.78 is 62.0.